The predicted molar refractivity (Wildman–Crippen MR) is 81.5 cm³/mol. The van der Waals surface area contributed by atoms with Gasteiger partial charge in [-0.15, -0.1) is 0 Å². The van der Waals surface area contributed by atoms with Crippen LogP contribution < -0.4 is 0 Å². The molecule has 5 heteroatoms. The summed E-state index contributed by atoms with van der Waals surface area (Å²) in [6.07, 6.45) is 8.48. The SMILES string of the molecule is O=C(O)CN(C(=O)C1CCc2cccnc21)C1CCCCC1. The molecule has 0 radical (unpaired) electrons. The minimum atomic E-state index is -0.932. The highest BCUT2D eigenvalue weighted by molar-refractivity contribution is 5.87. The summed E-state index contributed by atoms with van der Waals surface area (Å²) in [7, 11) is 0. The minimum Gasteiger partial charge on any atom is -0.480 e. The van der Waals surface area contributed by atoms with Gasteiger partial charge in [-0.05, 0) is 37.3 Å². The van der Waals surface area contributed by atoms with Crippen LogP contribution in [0.25, 0.3) is 0 Å². The zero-order valence-corrected chi connectivity index (χ0v) is 12.7. The maximum absolute atomic E-state index is 13.0. The number of amides is 1. The standard InChI is InChI=1S/C17H22N2O3/c20-15(21)11-19(13-6-2-1-3-7-13)17(22)14-9-8-12-5-4-10-18-16(12)14/h4-5,10,13-14H,1-3,6-9,11H2,(H,20,21). The molecule has 118 valence electrons. The summed E-state index contributed by atoms with van der Waals surface area (Å²) < 4.78 is 0. The molecule has 1 heterocycles. The summed E-state index contributed by atoms with van der Waals surface area (Å²) >= 11 is 0. The summed E-state index contributed by atoms with van der Waals surface area (Å²) in [6.45, 7) is -0.192. The topological polar surface area (TPSA) is 70.5 Å². The number of hydrogen-bond donors (Lipinski definition) is 1. The summed E-state index contributed by atoms with van der Waals surface area (Å²) in [5, 5.41) is 9.19. The molecule has 2 aliphatic rings. The van der Waals surface area contributed by atoms with Crippen LogP contribution in [0.5, 0.6) is 0 Å². The first-order valence-electron chi connectivity index (χ1n) is 8.13. The number of carboxylic acid groups (broad SMARTS) is 1. The van der Waals surface area contributed by atoms with E-state index in [0.29, 0.717) is 0 Å². The Balaban J connectivity index is 1.81. The van der Waals surface area contributed by atoms with Gasteiger partial charge in [-0.1, -0.05) is 25.3 Å². The molecule has 1 atom stereocenters. The van der Waals surface area contributed by atoms with E-state index >= 15 is 0 Å². The molecule has 1 fully saturated rings. The molecule has 1 saturated carbocycles. The average molecular weight is 302 g/mol. The van der Waals surface area contributed by atoms with Crippen LogP contribution in [0.2, 0.25) is 0 Å². The number of aromatic nitrogens is 1. The van der Waals surface area contributed by atoms with E-state index in [1.807, 2.05) is 12.1 Å². The molecule has 3 rings (SSSR count). The highest BCUT2D eigenvalue weighted by Crippen LogP contribution is 2.34. The molecule has 1 aromatic rings. The van der Waals surface area contributed by atoms with Crippen LogP contribution in [0.15, 0.2) is 18.3 Å². The van der Waals surface area contributed by atoms with Crippen molar-refractivity contribution in [2.75, 3.05) is 6.54 Å². The molecular weight excluding hydrogens is 280 g/mol. The van der Waals surface area contributed by atoms with Crippen LogP contribution in [0.1, 0.15) is 55.7 Å². The van der Waals surface area contributed by atoms with Crippen LogP contribution in [0, 0.1) is 0 Å². The van der Waals surface area contributed by atoms with Gasteiger partial charge in [0.05, 0.1) is 11.6 Å². The first kappa shape index (κ1) is 15.0. The third-order valence-corrected chi connectivity index (χ3v) is 4.86. The summed E-state index contributed by atoms with van der Waals surface area (Å²) in [6, 6.07) is 3.98. The largest absolute Gasteiger partial charge is 0.480 e. The third-order valence-electron chi connectivity index (χ3n) is 4.86. The normalized spacial score (nSPS) is 21.4. The Morgan fingerprint density at radius 2 is 2.00 bits per heavy atom. The number of aliphatic carboxylic acids is 1. The number of pyridine rings is 1. The molecule has 5 nitrogen and oxygen atoms in total. The lowest BCUT2D eigenvalue weighted by molar-refractivity contribution is -0.147. The molecule has 22 heavy (non-hydrogen) atoms. The van der Waals surface area contributed by atoms with Crippen LogP contribution in [0.3, 0.4) is 0 Å². The van der Waals surface area contributed by atoms with Crippen molar-refractivity contribution in [3.05, 3.63) is 29.6 Å². The molecule has 0 aliphatic heterocycles. The van der Waals surface area contributed by atoms with Gasteiger partial charge in [-0.25, -0.2) is 0 Å². The Bertz CT molecular complexity index is 567. The zero-order chi connectivity index (χ0) is 15.5. The first-order valence-corrected chi connectivity index (χ1v) is 8.13. The van der Waals surface area contributed by atoms with Gasteiger partial charge in [0, 0.05) is 12.2 Å². The predicted octanol–water partition coefficient (Wildman–Crippen LogP) is 2.36. The Labute approximate surface area is 130 Å². The van der Waals surface area contributed by atoms with E-state index in [0.717, 1.165) is 49.8 Å². The van der Waals surface area contributed by atoms with Crippen LogP contribution in [0.4, 0.5) is 0 Å². The van der Waals surface area contributed by atoms with Crippen molar-refractivity contribution in [3.8, 4) is 0 Å². The third kappa shape index (κ3) is 2.98. The number of nitrogens with zero attached hydrogens (tertiary/aromatic N) is 2. The Hall–Kier alpha value is -1.91. The van der Waals surface area contributed by atoms with Crippen molar-refractivity contribution in [2.45, 2.75) is 56.9 Å². The number of rotatable bonds is 4. The molecule has 1 amide bonds. The number of fused-ring (bicyclic) bond motifs is 1. The fourth-order valence-electron chi connectivity index (χ4n) is 3.78. The van der Waals surface area contributed by atoms with E-state index in [2.05, 4.69) is 4.98 Å². The molecule has 2 aliphatic carbocycles. The molecule has 0 bridgehead atoms. The number of aryl methyl sites for hydroxylation is 1. The molecule has 0 aromatic carbocycles. The van der Waals surface area contributed by atoms with Crippen molar-refractivity contribution < 1.29 is 14.7 Å². The van der Waals surface area contributed by atoms with Crippen LogP contribution in [-0.4, -0.2) is 39.5 Å². The molecule has 0 spiro atoms. The molecule has 1 N–H and O–H groups in total. The zero-order valence-electron chi connectivity index (χ0n) is 12.7. The number of carbonyl (C=O) groups is 2. The summed E-state index contributed by atoms with van der Waals surface area (Å²) in [5.41, 5.74) is 1.97. The minimum absolute atomic E-state index is 0.0493. The highest BCUT2D eigenvalue weighted by Gasteiger charge is 2.36. The second-order valence-corrected chi connectivity index (χ2v) is 6.29. The summed E-state index contributed by atoms with van der Waals surface area (Å²) in [4.78, 5) is 30.2. The lowest BCUT2D eigenvalue weighted by Gasteiger charge is -2.34. The van der Waals surface area contributed by atoms with Crippen molar-refractivity contribution in [3.63, 3.8) is 0 Å². The van der Waals surface area contributed by atoms with Gasteiger partial charge >= 0.3 is 5.97 Å². The van der Waals surface area contributed by atoms with Gasteiger partial charge in [0.25, 0.3) is 0 Å². The van der Waals surface area contributed by atoms with E-state index in [-0.39, 0.29) is 24.4 Å². The molecular formula is C17H22N2O3. The second kappa shape index (κ2) is 6.46. The van der Waals surface area contributed by atoms with Crippen LogP contribution in [-0.2, 0) is 16.0 Å². The highest BCUT2D eigenvalue weighted by atomic mass is 16.4. The van der Waals surface area contributed by atoms with E-state index in [9.17, 15) is 14.7 Å². The Morgan fingerprint density at radius 3 is 2.73 bits per heavy atom. The molecule has 1 aromatic heterocycles. The summed E-state index contributed by atoms with van der Waals surface area (Å²) in [5.74, 6) is -1.25. The van der Waals surface area contributed by atoms with Gasteiger partial charge < -0.3 is 10.0 Å². The Morgan fingerprint density at radius 1 is 1.23 bits per heavy atom. The first-order chi connectivity index (χ1) is 10.7. The monoisotopic (exact) mass is 302 g/mol. The molecule has 1 unspecified atom stereocenters. The van der Waals surface area contributed by atoms with E-state index in [1.165, 1.54) is 6.42 Å². The fourth-order valence-corrected chi connectivity index (χ4v) is 3.78. The van der Waals surface area contributed by atoms with Gasteiger partial charge in [-0.3, -0.25) is 14.6 Å². The van der Waals surface area contributed by atoms with Crippen molar-refractivity contribution in [2.24, 2.45) is 0 Å². The maximum atomic E-state index is 13.0. The number of carboxylic acids is 1. The van der Waals surface area contributed by atoms with Gasteiger partial charge in [0.15, 0.2) is 0 Å². The smallest absolute Gasteiger partial charge is 0.323 e. The van der Waals surface area contributed by atoms with Crippen molar-refractivity contribution in [1.29, 1.82) is 0 Å². The van der Waals surface area contributed by atoms with Crippen molar-refractivity contribution >= 4 is 11.9 Å². The second-order valence-electron chi connectivity index (χ2n) is 6.29. The quantitative estimate of drug-likeness (QED) is 0.927. The van der Waals surface area contributed by atoms with Gasteiger partial charge in [0.2, 0.25) is 5.91 Å². The van der Waals surface area contributed by atoms with E-state index in [1.54, 1.807) is 11.1 Å². The average Bonchev–Trinajstić information content (AvgIpc) is 2.97. The number of carbonyl (C=O) groups excluding carboxylic acids is 1. The van der Waals surface area contributed by atoms with E-state index < -0.39 is 5.97 Å². The maximum Gasteiger partial charge on any atom is 0.323 e. The molecule has 0 saturated heterocycles. The van der Waals surface area contributed by atoms with Gasteiger partial charge in [-0.2, -0.15) is 0 Å². The van der Waals surface area contributed by atoms with Crippen molar-refractivity contribution in [1.82, 2.24) is 9.88 Å². The Kier molecular flexibility index (Phi) is 4.41. The number of hydrogen-bond acceptors (Lipinski definition) is 3. The lowest BCUT2D eigenvalue weighted by atomic mass is 9.92. The van der Waals surface area contributed by atoms with E-state index in [4.69, 9.17) is 0 Å². The lowest BCUT2D eigenvalue weighted by Crippen LogP contribution is -2.46. The fraction of sp³-hybridized carbons (Fsp3) is 0.588. The van der Waals surface area contributed by atoms with Gasteiger partial charge in [0.1, 0.15) is 6.54 Å². The van der Waals surface area contributed by atoms with Crippen LogP contribution >= 0.6 is 0 Å².